The zero-order chi connectivity index (χ0) is 20.7. The summed E-state index contributed by atoms with van der Waals surface area (Å²) in [6.07, 6.45) is 4.35. The van der Waals surface area contributed by atoms with Gasteiger partial charge in [-0.3, -0.25) is 0 Å². The van der Waals surface area contributed by atoms with Gasteiger partial charge in [-0.05, 0) is 73.4 Å². The zero-order valence-corrected chi connectivity index (χ0v) is 17.3. The van der Waals surface area contributed by atoms with Crippen LogP contribution in [0.4, 0.5) is 11.5 Å². The van der Waals surface area contributed by atoms with Gasteiger partial charge in [0.2, 0.25) is 0 Å². The van der Waals surface area contributed by atoms with Gasteiger partial charge < -0.3 is 9.88 Å². The van der Waals surface area contributed by atoms with E-state index in [0.717, 1.165) is 39.9 Å². The fourth-order valence-electron chi connectivity index (χ4n) is 3.89. The molecular weight excluding hydrogens is 370 g/mol. The maximum Gasteiger partial charge on any atom is 0.141 e. The lowest BCUT2D eigenvalue weighted by Gasteiger charge is -2.12. The highest BCUT2D eigenvalue weighted by atomic mass is 15.0. The molecule has 0 atom stereocenters. The lowest BCUT2D eigenvalue weighted by molar-refractivity contribution is 0.947. The Hall–Kier alpha value is -3.73. The summed E-state index contributed by atoms with van der Waals surface area (Å²) in [6, 6.07) is 19.2. The number of fused-ring (bicyclic) bond motifs is 2. The molecule has 2 aromatic heterocycles. The van der Waals surface area contributed by atoms with E-state index in [4.69, 9.17) is 0 Å². The molecule has 0 unspecified atom stereocenters. The van der Waals surface area contributed by atoms with Crippen molar-refractivity contribution in [1.82, 2.24) is 19.5 Å². The van der Waals surface area contributed by atoms with Gasteiger partial charge in [0.1, 0.15) is 12.1 Å². The SMILES string of the molecule is Cc1ccc2ncnc(Nc3ccc(Cc4ccc5c(c4)ncn5C)c(C)c3)c2c1. The highest BCUT2D eigenvalue weighted by Crippen LogP contribution is 2.26. The van der Waals surface area contributed by atoms with Crippen LogP contribution in [0.3, 0.4) is 0 Å². The van der Waals surface area contributed by atoms with Crippen molar-refractivity contribution >= 4 is 33.4 Å². The smallest absolute Gasteiger partial charge is 0.141 e. The number of anilines is 2. The van der Waals surface area contributed by atoms with E-state index < -0.39 is 0 Å². The molecule has 0 aliphatic rings. The van der Waals surface area contributed by atoms with Crippen molar-refractivity contribution in [3.63, 3.8) is 0 Å². The number of imidazole rings is 1. The van der Waals surface area contributed by atoms with E-state index in [1.165, 1.54) is 22.3 Å². The lowest BCUT2D eigenvalue weighted by atomic mass is 9.99. The van der Waals surface area contributed by atoms with Crippen molar-refractivity contribution in [3.05, 3.63) is 89.5 Å². The number of hydrogen-bond donors (Lipinski definition) is 1. The average molecular weight is 393 g/mol. The maximum absolute atomic E-state index is 4.48. The van der Waals surface area contributed by atoms with Crippen molar-refractivity contribution in [3.8, 4) is 0 Å². The second-order valence-corrected chi connectivity index (χ2v) is 7.86. The van der Waals surface area contributed by atoms with Gasteiger partial charge in [0, 0.05) is 18.1 Å². The molecule has 2 heterocycles. The van der Waals surface area contributed by atoms with Crippen LogP contribution >= 0.6 is 0 Å². The number of nitrogens with zero attached hydrogens (tertiary/aromatic N) is 4. The molecule has 0 spiro atoms. The summed E-state index contributed by atoms with van der Waals surface area (Å²) >= 11 is 0. The Balaban J connectivity index is 1.41. The first kappa shape index (κ1) is 18.3. The fourth-order valence-corrected chi connectivity index (χ4v) is 3.89. The van der Waals surface area contributed by atoms with Gasteiger partial charge in [0.25, 0.3) is 0 Å². The quantitative estimate of drug-likeness (QED) is 0.440. The van der Waals surface area contributed by atoms with Crippen LogP contribution in [-0.4, -0.2) is 19.5 Å². The first-order valence-electron chi connectivity index (χ1n) is 10.0. The topological polar surface area (TPSA) is 55.6 Å². The van der Waals surface area contributed by atoms with E-state index in [1.807, 2.05) is 24.0 Å². The average Bonchev–Trinajstić information content (AvgIpc) is 3.11. The molecule has 5 nitrogen and oxygen atoms in total. The summed E-state index contributed by atoms with van der Waals surface area (Å²) in [7, 11) is 2.02. The van der Waals surface area contributed by atoms with Crippen LogP contribution in [0.2, 0.25) is 0 Å². The van der Waals surface area contributed by atoms with Gasteiger partial charge in [0.15, 0.2) is 0 Å². The number of nitrogens with one attached hydrogen (secondary N) is 1. The predicted octanol–water partition coefficient (Wildman–Crippen LogP) is 5.47. The van der Waals surface area contributed by atoms with Gasteiger partial charge in [-0.25, -0.2) is 15.0 Å². The van der Waals surface area contributed by atoms with Crippen LogP contribution < -0.4 is 5.32 Å². The largest absolute Gasteiger partial charge is 0.340 e. The summed E-state index contributed by atoms with van der Waals surface area (Å²) in [5.41, 5.74) is 9.17. The normalized spacial score (nSPS) is 11.3. The van der Waals surface area contributed by atoms with Crippen LogP contribution in [0, 0.1) is 13.8 Å². The Morgan fingerprint density at radius 3 is 2.63 bits per heavy atom. The molecule has 0 aliphatic heterocycles. The van der Waals surface area contributed by atoms with E-state index in [2.05, 4.69) is 82.6 Å². The van der Waals surface area contributed by atoms with E-state index in [9.17, 15) is 0 Å². The minimum absolute atomic E-state index is 0.830. The highest BCUT2D eigenvalue weighted by Gasteiger charge is 2.08. The minimum Gasteiger partial charge on any atom is -0.340 e. The summed E-state index contributed by atoms with van der Waals surface area (Å²) in [4.78, 5) is 13.3. The lowest BCUT2D eigenvalue weighted by Crippen LogP contribution is -1.98. The predicted molar refractivity (Wildman–Crippen MR) is 122 cm³/mol. The van der Waals surface area contributed by atoms with Crippen molar-refractivity contribution in [2.45, 2.75) is 20.3 Å². The summed E-state index contributed by atoms with van der Waals surface area (Å²) in [6.45, 7) is 4.24. The Bertz CT molecular complexity index is 1380. The molecule has 0 aliphatic carbocycles. The molecular formula is C25H23N5. The maximum atomic E-state index is 4.48. The molecule has 5 rings (SSSR count). The Morgan fingerprint density at radius 2 is 1.77 bits per heavy atom. The molecule has 5 heteroatoms. The molecule has 0 fully saturated rings. The third-order valence-corrected chi connectivity index (χ3v) is 5.58. The Labute approximate surface area is 175 Å². The Kier molecular flexibility index (Phi) is 4.43. The second kappa shape index (κ2) is 7.26. The van der Waals surface area contributed by atoms with E-state index in [-0.39, 0.29) is 0 Å². The third-order valence-electron chi connectivity index (χ3n) is 5.58. The highest BCUT2D eigenvalue weighted by molar-refractivity contribution is 5.91. The molecule has 3 aromatic carbocycles. The van der Waals surface area contributed by atoms with Crippen LogP contribution in [0.5, 0.6) is 0 Å². The van der Waals surface area contributed by atoms with Gasteiger partial charge in [-0.15, -0.1) is 0 Å². The molecule has 0 saturated heterocycles. The van der Waals surface area contributed by atoms with Gasteiger partial charge >= 0.3 is 0 Å². The van der Waals surface area contributed by atoms with E-state index in [0.29, 0.717) is 0 Å². The molecule has 0 radical (unpaired) electrons. The Morgan fingerprint density at radius 1 is 0.867 bits per heavy atom. The van der Waals surface area contributed by atoms with Crippen molar-refractivity contribution in [2.75, 3.05) is 5.32 Å². The van der Waals surface area contributed by atoms with Crippen molar-refractivity contribution in [1.29, 1.82) is 0 Å². The summed E-state index contributed by atoms with van der Waals surface area (Å²) < 4.78 is 2.04. The number of aromatic nitrogens is 4. The first-order chi connectivity index (χ1) is 14.6. The van der Waals surface area contributed by atoms with Crippen LogP contribution in [-0.2, 0) is 13.5 Å². The number of aryl methyl sites for hydroxylation is 3. The second-order valence-electron chi connectivity index (χ2n) is 7.86. The molecule has 1 N–H and O–H groups in total. The first-order valence-corrected chi connectivity index (χ1v) is 10.0. The molecule has 5 aromatic rings. The van der Waals surface area contributed by atoms with Gasteiger partial charge in [-0.1, -0.05) is 23.8 Å². The number of rotatable bonds is 4. The summed E-state index contributed by atoms with van der Waals surface area (Å²) in [5, 5.41) is 4.50. The van der Waals surface area contributed by atoms with E-state index >= 15 is 0 Å². The molecule has 0 amide bonds. The van der Waals surface area contributed by atoms with E-state index in [1.54, 1.807) is 6.33 Å². The van der Waals surface area contributed by atoms with Crippen molar-refractivity contribution < 1.29 is 0 Å². The van der Waals surface area contributed by atoms with Crippen molar-refractivity contribution in [2.24, 2.45) is 7.05 Å². The standard InChI is InChI=1S/C25H23N5/c1-16-4-8-22-21(10-16)25(27-14-26-22)29-20-7-6-19(17(2)11-20)12-18-5-9-24-23(13-18)28-15-30(24)3/h4-11,13-15H,12H2,1-3H3,(H,26,27,29). The fraction of sp³-hybridized carbons (Fsp3) is 0.160. The third kappa shape index (κ3) is 3.39. The van der Waals surface area contributed by atoms with Gasteiger partial charge in [-0.2, -0.15) is 0 Å². The summed E-state index contributed by atoms with van der Waals surface area (Å²) in [5.74, 6) is 0.830. The number of benzene rings is 3. The number of hydrogen-bond acceptors (Lipinski definition) is 4. The van der Waals surface area contributed by atoms with Gasteiger partial charge in [0.05, 0.1) is 22.9 Å². The minimum atomic E-state index is 0.830. The van der Waals surface area contributed by atoms with Crippen LogP contribution in [0.15, 0.2) is 67.3 Å². The molecule has 30 heavy (non-hydrogen) atoms. The molecule has 148 valence electrons. The zero-order valence-electron chi connectivity index (χ0n) is 17.3. The van der Waals surface area contributed by atoms with Crippen LogP contribution in [0.1, 0.15) is 22.3 Å². The monoisotopic (exact) mass is 393 g/mol. The molecule has 0 saturated carbocycles. The molecule has 0 bridgehead atoms. The van der Waals surface area contributed by atoms with Crippen LogP contribution in [0.25, 0.3) is 21.9 Å².